The minimum atomic E-state index is 0.0317. The van der Waals surface area contributed by atoms with Gasteiger partial charge in [-0.1, -0.05) is 18.2 Å². The van der Waals surface area contributed by atoms with Gasteiger partial charge in [-0.2, -0.15) is 0 Å². The average Bonchev–Trinajstić information content (AvgIpc) is 3.26. The Kier molecular flexibility index (Phi) is 5.28. The second-order valence-corrected chi connectivity index (χ2v) is 7.00. The molecule has 0 saturated carbocycles. The van der Waals surface area contributed by atoms with Crippen LogP contribution in [0.3, 0.4) is 0 Å². The number of piperazine rings is 1. The SMILES string of the molecule is O=C(/C=C\c1cccs1)N1CCN(C(=O)C[C@H]2C=CCC2)CC1. The fraction of sp³-hybridized carbons (Fsp3) is 0.444. The number of hydrogen-bond acceptors (Lipinski definition) is 3. The highest BCUT2D eigenvalue weighted by atomic mass is 32.1. The smallest absolute Gasteiger partial charge is 0.246 e. The Morgan fingerprint density at radius 3 is 2.65 bits per heavy atom. The van der Waals surface area contributed by atoms with E-state index in [4.69, 9.17) is 0 Å². The third-order valence-electron chi connectivity index (χ3n) is 4.43. The van der Waals surface area contributed by atoms with Gasteiger partial charge in [-0.3, -0.25) is 9.59 Å². The lowest BCUT2D eigenvalue weighted by atomic mass is 10.0. The highest BCUT2D eigenvalue weighted by molar-refractivity contribution is 7.10. The molecule has 0 N–H and O–H groups in total. The van der Waals surface area contributed by atoms with E-state index in [1.807, 2.05) is 33.4 Å². The molecule has 0 spiro atoms. The van der Waals surface area contributed by atoms with Crippen LogP contribution in [0.2, 0.25) is 0 Å². The molecule has 0 unspecified atom stereocenters. The molecule has 4 nitrogen and oxygen atoms in total. The molecule has 3 rings (SSSR count). The van der Waals surface area contributed by atoms with E-state index >= 15 is 0 Å². The first-order chi connectivity index (χ1) is 11.2. The quantitative estimate of drug-likeness (QED) is 0.629. The molecule has 1 aliphatic carbocycles. The van der Waals surface area contributed by atoms with Crippen LogP contribution < -0.4 is 0 Å². The van der Waals surface area contributed by atoms with Crippen molar-refractivity contribution in [2.75, 3.05) is 26.2 Å². The second-order valence-electron chi connectivity index (χ2n) is 6.02. The van der Waals surface area contributed by atoms with Crippen LogP contribution in [0.1, 0.15) is 24.1 Å². The lowest BCUT2D eigenvalue weighted by molar-refractivity contribution is -0.137. The molecule has 0 radical (unpaired) electrons. The fourth-order valence-corrected chi connectivity index (χ4v) is 3.66. The maximum absolute atomic E-state index is 12.3. The Balaban J connectivity index is 1.45. The first-order valence-electron chi connectivity index (χ1n) is 8.17. The van der Waals surface area contributed by atoms with Gasteiger partial charge < -0.3 is 9.80 Å². The van der Waals surface area contributed by atoms with Crippen molar-refractivity contribution in [2.24, 2.45) is 5.92 Å². The molecule has 122 valence electrons. The van der Waals surface area contributed by atoms with E-state index < -0.39 is 0 Å². The minimum absolute atomic E-state index is 0.0317. The summed E-state index contributed by atoms with van der Waals surface area (Å²) < 4.78 is 0. The topological polar surface area (TPSA) is 40.6 Å². The molecule has 1 aliphatic heterocycles. The van der Waals surface area contributed by atoms with E-state index in [0.717, 1.165) is 17.7 Å². The summed E-state index contributed by atoms with van der Waals surface area (Å²) in [5.41, 5.74) is 0. The molecule has 1 saturated heterocycles. The Bertz CT molecular complexity index is 599. The molecule has 23 heavy (non-hydrogen) atoms. The zero-order chi connectivity index (χ0) is 16.1. The minimum Gasteiger partial charge on any atom is -0.339 e. The Hall–Kier alpha value is -1.88. The number of allylic oxidation sites excluding steroid dienone is 2. The lowest BCUT2D eigenvalue weighted by Crippen LogP contribution is -2.50. The van der Waals surface area contributed by atoms with Gasteiger partial charge in [0, 0.05) is 43.6 Å². The molecular weight excluding hydrogens is 308 g/mol. The summed E-state index contributed by atoms with van der Waals surface area (Å²) in [5, 5.41) is 1.99. The Morgan fingerprint density at radius 1 is 1.22 bits per heavy atom. The summed E-state index contributed by atoms with van der Waals surface area (Å²) in [6.07, 6.45) is 10.6. The van der Waals surface area contributed by atoms with Gasteiger partial charge in [-0.05, 0) is 36.3 Å². The number of nitrogens with zero attached hydrogens (tertiary/aromatic N) is 2. The van der Waals surface area contributed by atoms with Crippen molar-refractivity contribution in [1.82, 2.24) is 9.80 Å². The third-order valence-corrected chi connectivity index (χ3v) is 5.26. The molecule has 2 heterocycles. The van der Waals surface area contributed by atoms with Crippen LogP contribution >= 0.6 is 11.3 Å². The average molecular weight is 330 g/mol. The van der Waals surface area contributed by atoms with E-state index in [9.17, 15) is 9.59 Å². The van der Waals surface area contributed by atoms with E-state index in [0.29, 0.717) is 38.5 Å². The maximum atomic E-state index is 12.3. The highest BCUT2D eigenvalue weighted by Gasteiger charge is 2.24. The lowest BCUT2D eigenvalue weighted by Gasteiger charge is -2.34. The summed E-state index contributed by atoms with van der Waals surface area (Å²) in [6.45, 7) is 2.54. The zero-order valence-corrected chi connectivity index (χ0v) is 14.0. The van der Waals surface area contributed by atoms with E-state index in [-0.39, 0.29) is 11.8 Å². The number of rotatable bonds is 4. The Morgan fingerprint density at radius 2 is 2.00 bits per heavy atom. The van der Waals surface area contributed by atoms with E-state index in [1.54, 1.807) is 17.4 Å². The van der Waals surface area contributed by atoms with Crippen LogP contribution in [0.25, 0.3) is 6.08 Å². The van der Waals surface area contributed by atoms with E-state index in [2.05, 4.69) is 12.2 Å². The predicted molar refractivity (Wildman–Crippen MR) is 93.0 cm³/mol. The van der Waals surface area contributed by atoms with Gasteiger partial charge in [0.1, 0.15) is 0 Å². The van der Waals surface area contributed by atoms with Gasteiger partial charge in [0.15, 0.2) is 0 Å². The number of hydrogen-bond donors (Lipinski definition) is 0. The molecule has 2 amide bonds. The van der Waals surface area contributed by atoms with Crippen molar-refractivity contribution in [2.45, 2.75) is 19.3 Å². The summed E-state index contributed by atoms with van der Waals surface area (Å²) in [4.78, 5) is 29.3. The maximum Gasteiger partial charge on any atom is 0.246 e. The molecule has 1 atom stereocenters. The number of thiophene rings is 1. The normalized spacial score (nSPS) is 21.3. The van der Waals surface area contributed by atoms with Gasteiger partial charge in [-0.25, -0.2) is 0 Å². The molecule has 1 aromatic rings. The van der Waals surface area contributed by atoms with Gasteiger partial charge in [0.2, 0.25) is 11.8 Å². The molecular formula is C18H22N2O2S. The van der Waals surface area contributed by atoms with Crippen LogP contribution in [0.4, 0.5) is 0 Å². The molecule has 5 heteroatoms. The molecule has 2 aliphatic rings. The van der Waals surface area contributed by atoms with Crippen LogP contribution in [0.15, 0.2) is 35.7 Å². The van der Waals surface area contributed by atoms with Crippen molar-refractivity contribution >= 4 is 29.2 Å². The number of amides is 2. The Labute approximate surface area is 141 Å². The first-order valence-corrected chi connectivity index (χ1v) is 9.05. The number of carbonyl (C=O) groups is 2. The van der Waals surface area contributed by atoms with Crippen molar-refractivity contribution in [3.05, 3.63) is 40.6 Å². The van der Waals surface area contributed by atoms with Crippen molar-refractivity contribution < 1.29 is 9.59 Å². The zero-order valence-electron chi connectivity index (χ0n) is 13.2. The molecule has 0 aromatic carbocycles. The summed E-state index contributed by atoms with van der Waals surface area (Å²) in [7, 11) is 0. The third kappa shape index (κ3) is 4.32. The number of carbonyl (C=O) groups excluding carboxylic acids is 2. The van der Waals surface area contributed by atoms with Gasteiger partial charge >= 0.3 is 0 Å². The fourth-order valence-electron chi connectivity index (χ4n) is 3.04. The van der Waals surface area contributed by atoms with E-state index in [1.165, 1.54) is 0 Å². The van der Waals surface area contributed by atoms with Crippen molar-refractivity contribution in [3.63, 3.8) is 0 Å². The standard InChI is InChI=1S/C18H22N2O2S/c21-17(8-7-16-6-3-13-23-16)19-9-11-20(12-10-19)18(22)14-15-4-1-2-5-15/h1,3-4,6-8,13,15H,2,5,9-12,14H2/b8-7-/t15-/m0/s1. The van der Waals surface area contributed by atoms with Gasteiger partial charge in [0.05, 0.1) is 0 Å². The summed E-state index contributed by atoms with van der Waals surface area (Å²) in [6, 6.07) is 3.96. The predicted octanol–water partition coefficient (Wildman–Crippen LogP) is 2.79. The molecule has 1 fully saturated rings. The van der Waals surface area contributed by atoms with Crippen LogP contribution in [0, 0.1) is 5.92 Å². The van der Waals surface area contributed by atoms with Gasteiger partial charge in [0.25, 0.3) is 0 Å². The monoisotopic (exact) mass is 330 g/mol. The van der Waals surface area contributed by atoms with Crippen molar-refractivity contribution in [1.29, 1.82) is 0 Å². The van der Waals surface area contributed by atoms with Crippen molar-refractivity contribution in [3.8, 4) is 0 Å². The molecule has 1 aromatic heterocycles. The summed E-state index contributed by atoms with van der Waals surface area (Å²) >= 11 is 1.61. The molecule has 0 bridgehead atoms. The van der Waals surface area contributed by atoms with Crippen LogP contribution in [-0.4, -0.2) is 47.8 Å². The summed E-state index contributed by atoms with van der Waals surface area (Å²) in [5.74, 6) is 0.669. The van der Waals surface area contributed by atoms with Crippen LogP contribution in [0.5, 0.6) is 0 Å². The highest BCUT2D eigenvalue weighted by Crippen LogP contribution is 2.21. The second kappa shape index (κ2) is 7.59. The van der Waals surface area contributed by atoms with Crippen LogP contribution in [-0.2, 0) is 9.59 Å². The van der Waals surface area contributed by atoms with Gasteiger partial charge in [-0.15, -0.1) is 11.3 Å². The largest absolute Gasteiger partial charge is 0.339 e. The first kappa shape index (κ1) is 16.0.